The van der Waals surface area contributed by atoms with Gasteiger partial charge >= 0.3 is 0 Å². The summed E-state index contributed by atoms with van der Waals surface area (Å²) >= 11 is 6.11. The van der Waals surface area contributed by atoms with Crippen LogP contribution < -0.4 is 10.1 Å². The van der Waals surface area contributed by atoms with Crippen molar-refractivity contribution in [3.8, 4) is 11.6 Å². The number of fused-ring (bicyclic) bond motifs is 1. The third-order valence-electron chi connectivity index (χ3n) is 4.42. The van der Waals surface area contributed by atoms with Crippen LogP contribution >= 0.6 is 11.6 Å². The Kier molecular flexibility index (Phi) is 4.51. The van der Waals surface area contributed by atoms with Gasteiger partial charge in [0.2, 0.25) is 0 Å². The number of ether oxygens (including phenoxy) is 1. The first-order valence-electron chi connectivity index (χ1n) is 8.64. The second kappa shape index (κ2) is 6.96. The van der Waals surface area contributed by atoms with Crippen LogP contribution in [0.4, 0.5) is 5.82 Å². The second-order valence-corrected chi connectivity index (χ2v) is 6.91. The lowest BCUT2D eigenvalue weighted by Gasteiger charge is -2.19. The zero-order valence-corrected chi connectivity index (χ0v) is 15.5. The number of nitrogens with zero attached hydrogens (tertiary/aromatic N) is 4. The number of hydrogen-bond donors (Lipinski definition) is 1. The van der Waals surface area contributed by atoms with Crippen LogP contribution in [0.3, 0.4) is 0 Å². The zero-order valence-electron chi connectivity index (χ0n) is 14.7. The number of benzene rings is 1. The van der Waals surface area contributed by atoms with Crippen LogP contribution in [0.1, 0.15) is 35.8 Å². The summed E-state index contributed by atoms with van der Waals surface area (Å²) in [6, 6.07) is 7.88. The summed E-state index contributed by atoms with van der Waals surface area (Å²) in [7, 11) is 0. The lowest BCUT2D eigenvalue weighted by molar-refractivity contribution is 0.316. The van der Waals surface area contributed by atoms with Gasteiger partial charge in [-0.1, -0.05) is 17.7 Å². The molecular formula is C19H20ClN5O. The van der Waals surface area contributed by atoms with Crippen LogP contribution in [-0.2, 0) is 0 Å². The molecule has 1 unspecified atom stereocenters. The lowest BCUT2D eigenvalue weighted by atomic mass is 10.0. The summed E-state index contributed by atoms with van der Waals surface area (Å²) in [5.74, 6) is 2.24. The van der Waals surface area contributed by atoms with Crippen molar-refractivity contribution in [2.75, 3.05) is 11.9 Å². The molecule has 26 heavy (non-hydrogen) atoms. The Morgan fingerprint density at radius 1 is 1.23 bits per heavy atom. The number of rotatable bonds is 3. The average Bonchev–Trinajstić information content (AvgIpc) is 2.84. The topological polar surface area (TPSA) is 64.9 Å². The summed E-state index contributed by atoms with van der Waals surface area (Å²) in [6.07, 6.45) is 5.35. The van der Waals surface area contributed by atoms with Gasteiger partial charge in [0.1, 0.15) is 11.6 Å². The molecule has 1 aromatic carbocycles. The van der Waals surface area contributed by atoms with Gasteiger partial charge in [-0.2, -0.15) is 5.10 Å². The quantitative estimate of drug-likeness (QED) is 0.747. The van der Waals surface area contributed by atoms with E-state index < -0.39 is 0 Å². The summed E-state index contributed by atoms with van der Waals surface area (Å²) in [5, 5.41) is 8.65. The Bertz CT molecular complexity index is 939. The third-order valence-corrected chi connectivity index (χ3v) is 4.65. The van der Waals surface area contributed by atoms with Crippen molar-refractivity contribution in [1.82, 2.24) is 19.7 Å². The molecule has 0 saturated carbocycles. The first-order valence-corrected chi connectivity index (χ1v) is 9.02. The Morgan fingerprint density at radius 2 is 2.12 bits per heavy atom. The minimum atomic E-state index is 0.0924. The number of aryl methyl sites for hydroxylation is 2. The van der Waals surface area contributed by atoms with E-state index in [-0.39, 0.29) is 6.04 Å². The highest BCUT2D eigenvalue weighted by molar-refractivity contribution is 6.30. The minimum Gasteiger partial charge on any atom is -0.493 e. The number of nitrogens with one attached hydrogen (secondary N) is 1. The molecule has 0 saturated heterocycles. The van der Waals surface area contributed by atoms with E-state index in [9.17, 15) is 0 Å². The van der Waals surface area contributed by atoms with Crippen LogP contribution in [-0.4, -0.2) is 26.4 Å². The molecule has 0 spiro atoms. The van der Waals surface area contributed by atoms with Gasteiger partial charge in [0.25, 0.3) is 0 Å². The smallest absolute Gasteiger partial charge is 0.174 e. The van der Waals surface area contributed by atoms with Crippen LogP contribution in [0.25, 0.3) is 5.82 Å². The van der Waals surface area contributed by atoms with Gasteiger partial charge in [-0.05, 0) is 44.9 Å². The highest BCUT2D eigenvalue weighted by Gasteiger charge is 2.21. The fourth-order valence-electron chi connectivity index (χ4n) is 3.26. The largest absolute Gasteiger partial charge is 0.493 e. The Labute approximate surface area is 157 Å². The molecule has 7 heteroatoms. The standard InChI is InChI=1S/C19H20ClN5O/c1-12-8-13(2)25(24-12)19-11-21-10-18(23-19)22-16-4-3-7-26-17-9-14(20)5-6-15(16)17/h5-6,8-11,16H,3-4,7H2,1-2H3,(H,22,23). The van der Waals surface area contributed by atoms with Crippen molar-refractivity contribution >= 4 is 17.4 Å². The monoisotopic (exact) mass is 369 g/mol. The van der Waals surface area contributed by atoms with E-state index in [4.69, 9.17) is 21.3 Å². The van der Waals surface area contributed by atoms with Crippen molar-refractivity contribution in [1.29, 1.82) is 0 Å². The average molecular weight is 370 g/mol. The van der Waals surface area contributed by atoms with Crippen molar-refractivity contribution in [2.24, 2.45) is 0 Å². The second-order valence-electron chi connectivity index (χ2n) is 6.47. The molecule has 134 valence electrons. The molecule has 2 aromatic heterocycles. The molecule has 1 N–H and O–H groups in total. The normalized spacial score (nSPS) is 16.5. The Hall–Kier alpha value is -2.60. The summed E-state index contributed by atoms with van der Waals surface area (Å²) in [4.78, 5) is 9.02. The number of aromatic nitrogens is 4. The van der Waals surface area contributed by atoms with E-state index in [1.54, 1.807) is 17.1 Å². The Balaban J connectivity index is 1.64. The molecule has 0 bridgehead atoms. The molecular weight excluding hydrogens is 350 g/mol. The maximum atomic E-state index is 6.11. The summed E-state index contributed by atoms with van der Waals surface area (Å²) in [5.41, 5.74) is 3.07. The maximum Gasteiger partial charge on any atom is 0.174 e. The van der Waals surface area contributed by atoms with Gasteiger partial charge in [0.15, 0.2) is 5.82 Å². The third kappa shape index (κ3) is 3.37. The molecule has 6 nitrogen and oxygen atoms in total. The Morgan fingerprint density at radius 3 is 2.92 bits per heavy atom. The van der Waals surface area contributed by atoms with Gasteiger partial charge in [-0.15, -0.1) is 0 Å². The fraction of sp³-hybridized carbons (Fsp3) is 0.316. The van der Waals surface area contributed by atoms with E-state index in [0.717, 1.165) is 35.5 Å². The molecule has 0 fully saturated rings. The van der Waals surface area contributed by atoms with Crippen molar-refractivity contribution in [2.45, 2.75) is 32.7 Å². The zero-order chi connectivity index (χ0) is 18.1. The number of hydrogen-bond acceptors (Lipinski definition) is 5. The van der Waals surface area contributed by atoms with E-state index in [1.807, 2.05) is 38.1 Å². The van der Waals surface area contributed by atoms with Crippen LogP contribution in [0.15, 0.2) is 36.7 Å². The van der Waals surface area contributed by atoms with Gasteiger partial charge < -0.3 is 10.1 Å². The summed E-state index contributed by atoms with van der Waals surface area (Å²) < 4.78 is 7.64. The lowest BCUT2D eigenvalue weighted by Crippen LogP contribution is -2.13. The van der Waals surface area contributed by atoms with E-state index in [0.29, 0.717) is 23.3 Å². The van der Waals surface area contributed by atoms with E-state index in [1.165, 1.54) is 0 Å². The molecule has 3 heterocycles. The van der Waals surface area contributed by atoms with Crippen LogP contribution in [0, 0.1) is 13.8 Å². The van der Waals surface area contributed by atoms with Gasteiger partial charge in [-0.3, -0.25) is 4.98 Å². The molecule has 0 amide bonds. The van der Waals surface area contributed by atoms with Crippen molar-refractivity contribution in [3.63, 3.8) is 0 Å². The van der Waals surface area contributed by atoms with Gasteiger partial charge in [0.05, 0.1) is 30.7 Å². The molecule has 3 aromatic rings. The predicted octanol–water partition coefficient (Wildman–Crippen LogP) is 4.26. The number of halogens is 1. The van der Waals surface area contributed by atoms with Crippen molar-refractivity contribution < 1.29 is 4.74 Å². The molecule has 1 aliphatic heterocycles. The molecule has 0 aliphatic carbocycles. The SMILES string of the molecule is Cc1cc(C)n(-c2cncc(NC3CCCOc4cc(Cl)ccc43)n2)n1. The first kappa shape index (κ1) is 16.8. The number of anilines is 1. The van der Waals surface area contributed by atoms with Crippen molar-refractivity contribution in [3.05, 3.63) is 58.6 Å². The van der Waals surface area contributed by atoms with E-state index in [2.05, 4.69) is 15.4 Å². The minimum absolute atomic E-state index is 0.0924. The molecule has 4 rings (SSSR count). The van der Waals surface area contributed by atoms with Gasteiger partial charge in [-0.25, -0.2) is 9.67 Å². The van der Waals surface area contributed by atoms with E-state index >= 15 is 0 Å². The molecule has 0 radical (unpaired) electrons. The van der Waals surface area contributed by atoms with Gasteiger partial charge in [0, 0.05) is 16.3 Å². The highest BCUT2D eigenvalue weighted by atomic mass is 35.5. The first-order chi connectivity index (χ1) is 12.6. The fourth-order valence-corrected chi connectivity index (χ4v) is 3.42. The van der Waals surface area contributed by atoms with Crippen LogP contribution in [0.2, 0.25) is 5.02 Å². The van der Waals surface area contributed by atoms with Crippen LogP contribution in [0.5, 0.6) is 5.75 Å². The molecule has 1 aliphatic rings. The highest BCUT2D eigenvalue weighted by Crippen LogP contribution is 2.35. The molecule has 1 atom stereocenters. The maximum absolute atomic E-state index is 6.11. The summed E-state index contributed by atoms with van der Waals surface area (Å²) in [6.45, 7) is 4.65. The predicted molar refractivity (Wildman–Crippen MR) is 101 cm³/mol.